The van der Waals surface area contributed by atoms with Crippen molar-refractivity contribution in [2.24, 2.45) is 0 Å². The highest BCUT2D eigenvalue weighted by Gasteiger charge is 2.25. The Labute approximate surface area is 112 Å². The Kier molecular flexibility index (Phi) is 3.40. The normalized spacial score (nSPS) is 11.5. The van der Waals surface area contributed by atoms with E-state index in [0.29, 0.717) is 22.0 Å². The first-order valence-corrected chi connectivity index (χ1v) is 7.53. The van der Waals surface area contributed by atoms with Crippen LogP contribution in [0.15, 0.2) is 36.4 Å². The van der Waals surface area contributed by atoms with Crippen molar-refractivity contribution in [2.75, 3.05) is 11.5 Å². The number of aryl methyl sites for hydroxylation is 2. The third kappa shape index (κ3) is 2.80. The van der Waals surface area contributed by atoms with E-state index in [0.717, 1.165) is 11.1 Å². The molecule has 0 unspecified atom stereocenters. The van der Waals surface area contributed by atoms with Crippen molar-refractivity contribution in [3.63, 3.8) is 0 Å². The maximum atomic E-state index is 12.7. The van der Waals surface area contributed by atoms with Crippen LogP contribution in [0.2, 0.25) is 0 Å². The quantitative estimate of drug-likeness (QED) is 0.575. The number of benzene rings is 2. The summed E-state index contributed by atoms with van der Waals surface area (Å²) in [5, 5.41) is 0.657. The molecule has 5 N–H and O–H groups in total. The van der Waals surface area contributed by atoms with Crippen LogP contribution < -0.4 is 22.1 Å². The number of rotatable bonds is 2. The molecule has 0 saturated carbocycles. The smallest absolute Gasteiger partial charge is 0.258 e. The van der Waals surface area contributed by atoms with E-state index in [9.17, 15) is 9.46 Å². The van der Waals surface area contributed by atoms with Gasteiger partial charge in [-0.1, -0.05) is 0 Å². The number of nitrogens with two attached hydrogens (primary N) is 2. The van der Waals surface area contributed by atoms with Gasteiger partial charge in [0.15, 0.2) is 0 Å². The molecule has 0 saturated heterocycles. The highest BCUT2D eigenvalue weighted by Crippen LogP contribution is 2.39. The lowest BCUT2D eigenvalue weighted by Gasteiger charge is -2.15. The van der Waals surface area contributed by atoms with Gasteiger partial charge in [0.2, 0.25) is 0 Å². The molecule has 0 spiro atoms. The first kappa shape index (κ1) is 13.7. The van der Waals surface area contributed by atoms with E-state index in [1.807, 2.05) is 13.8 Å². The number of nitrogen functional groups attached to an aromatic ring is 2. The molecule has 0 atom stereocenters. The van der Waals surface area contributed by atoms with Crippen LogP contribution in [0.3, 0.4) is 0 Å². The summed E-state index contributed by atoms with van der Waals surface area (Å²) in [6.07, 6.45) is 0. The summed E-state index contributed by atoms with van der Waals surface area (Å²) in [4.78, 5) is 10.4. The third-order valence-corrected chi connectivity index (χ3v) is 4.79. The topological polar surface area (TPSA) is 89.3 Å². The van der Waals surface area contributed by atoms with E-state index in [1.165, 1.54) is 12.1 Å². The largest absolute Gasteiger partial charge is 0.399 e. The first-order chi connectivity index (χ1) is 8.79. The van der Waals surface area contributed by atoms with Crippen LogP contribution in [0.4, 0.5) is 11.4 Å². The van der Waals surface area contributed by atoms with Gasteiger partial charge in [-0.25, -0.2) is 0 Å². The van der Waals surface area contributed by atoms with Gasteiger partial charge in [-0.2, -0.15) is 0 Å². The van der Waals surface area contributed by atoms with Crippen molar-refractivity contribution in [1.29, 1.82) is 0 Å². The second kappa shape index (κ2) is 4.72. The summed E-state index contributed by atoms with van der Waals surface area (Å²) < 4.78 is 12.7. The predicted molar refractivity (Wildman–Crippen MR) is 80.3 cm³/mol. The van der Waals surface area contributed by atoms with Crippen molar-refractivity contribution in [3.8, 4) is 0 Å². The lowest BCUT2D eigenvalue weighted by atomic mass is 10.2. The fourth-order valence-electron chi connectivity index (χ4n) is 2.08. The first-order valence-electron chi connectivity index (χ1n) is 5.87. The molecule has 0 amide bonds. The van der Waals surface area contributed by atoms with Crippen LogP contribution in [0, 0.1) is 13.8 Å². The molecule has 2 aromatic carbocycles. The summed E-state index contributed by atoms with van der Waals surface area (Å²) >= 11 is 0. The van der Waals surface area contributed by atoms with E-state index in [-0.39, 0.29) is 0 Å². The molecule has 19 heavy (non-hydrogen) atoms. The third-order valence-electron chi connectivity index (χ3n) is 2.87. The summed E-state index contributed by atoms with van der Waals surface area (Å²) in [6.45, 7) is 3.68. The second-order valence-electron chi connectivity index (χ2n) is 4.78. The number of hydrogen-bond donors (Lipinski definition) is 3. The van der Waals surface area contributed by atoms with Crippen LogP contribution in [-0.4, -0.2) is 4.89 Å². The minimum absolute atomic E-state index is 0.329. The van der Waals surface area contributed by atoms with E-state index in [4.69, 9.17) is 11.5 Å². The molecule has 0 aromatic heterocycles. The van der Waals surface area contributed by atoms with Gasteiger partial charge < -0.3 is 16.4 Å². The van der Waals surface area contributed by atoms with Gasteiger partial charge in [-0.3, -0.25) is 4.57 Å². The Morgan fingerprint density at radius 2 is 1.21 bits per heavy atom. The molecule has 0 bridgehead atoms. The van der Waals surface area contributed by atoms with Crippen molar-refractivity contribution >= 4 is 29.4 Å². The van der Waals surface area contributed by atoms with Crippen molar-refractivity contribution in [2.45, 2.75) is 13.8 Å². The average molecular weight is 276 g/mol. The zero-order chi connectivity index (χ0) is 14.2. The maximum Gasteiger partial charge on any atom is 0.258 e. The molecule has 5 heteroatoms. The highest BCUT2D eigenvalue weighted by molar-refractivity contribution is 7.73. The summed E-state index contributed by atoms with van der Waals surface area (Å²) in [5.74, 6) is 0. The highest BCUT2D eigenvalue weighted by atomic mass is 31.2. The monoisotopic (exact) mass is 276 g/mol. The Morgan fingerprint density at radius 1 is 0.842 bits per heavy atom. The molecule has 0 aliphatic rings. The van der Waals surface area contributed by atoms with E-state index >= 15 is 0 Å². The van der Waals surface area contributed by atoms with E-state index < -0.39 is 7.37 Å². The lowest BCUT2D eigenvalue weighted by molar-refractivity contribution is 0.501. The minimum atomic E-state index is -3.67. The molecule has 2 aromatic rings. The SMILES string of the molecule is Cc1cc(N)cc(P(=O)(O)c2cc(C)cc(N)c2)c1. The van der Waals surface area contributed by atoms with Crippen LogP contribution in [0.5, 0.6) is 0 Å². The molecule has 4 nitrogen and oxygen atoms in total. The summed E-state index contributed by atoms with van der Waals surface area (Å²) in [7, 11) is -3.67. The zero-order valence-electron chi connectivity index (χ0n) is 10.9. The summed E-state index contributed by atoms with van der Waals surface area (Å²) in [5.41, 5.74) is 14.1. The average Bonchev–Trinajstić information content (AvgIpc) is 2.26. The van der Waals surface area contributed by atoms with Gasteiger partial charge in [0, 0.05) is 22.0 Å². The minimum Gasteiger partial charge on any atom is -0.399 e. The van der Waals surface area contributed by atoms with Gasteiger partial charge >= 0.3 is 0 Å². The Hall–Kier alpha value is -1.77. The van der Waals surface area contributed by atoms with Crippen LogP contribution >= 0.6 is 7.37 Å². The van der Waals surface area contributed by atoms with Crippen LogP contribution in [0.1, 0.15) is 11.1 Å². The molecule has 0 radical (unpaired) electrons. The molecule has 0 fully saturated rings. The summed E-state index contributed by atoms with van der Waals surface area (Å²) in [6, 6.07) is 9.94. The maximum absolute atomic E-state index is 12.7. The molecule has 0 aliphatic heterocycles. The Bertz CT molecular complexity index is 587. The van der Waals surface area contributed by atoms with Crippen molar-refractivity contribution < 1.29 is 9.46 Å². The zero-order valence-corrected chi connectivity index (χ0v) is 11.8. The second-order valence-corrected chi connectivity index (χ2v) is 6.96. The molecular formula is C14H17N2O2P. The fraction of sp³-hybridized carbons (Fsp3) is 0.143. The van der Waals surface area contributed by atoms with Gasteiger partial charge in [0.25, 0.3) is 7.37 Å². The van der Waals surface area contributed by atoms with Crippen molar-refractivity contribution in [3.05, 3.63) is 47.5 Å². The number of hydrogen-bond acceptors (Lipinski definition) is 3. The molecule has 0 aliphatic carbocycles. The van der Waals surface area contributed by atoms with E-state index in [1.54, 1.807) is 24.3 Å². The lowest BCUT2D eigenvalue weighted by Crippen LogP contribution is -2.17. The molecule has 100 valence electrons. The van der Waals surface area contributed by atoms with E-state index in [2.05, 4.69) is 0 Å². The Balaban J connectivity index is 2.61. The molecular weight excluding hydrogens is 259 g/mol. The van der Waals surface area contributed by atoms with Gasteiger partial charge in [0.05, 0.1) is 0 Å². The Morgan fingerprint density at radius 3 is 1.53 bits per heavy atom. The van der Waals surface area contributed by atoms with Crippen LogP contribution in [0.25, 0.3) is 0 Å². The fourth-order valence-corrected chi connectivity index (χ4v) is 3.79. The van der Waals surface area contributed by atoms with Crippen LogP contribution in [-0.2, 0) is 4.57 Å². The number of anilines is 2. The molecule has 0 heterocycles. The van der Waals surface area contributed by atoms with Gasteiger partial charge in [0.1, 0.15) is 0 Å². The van der Waals surface area contributed by atoms with Crippen molar-refractivity contribution in [1.82, 2.24) is 0 Å². The standard InChI is InChI=1S/C14H17N2O2P/c1-9-3-11(15)7-13(5-9)19(17,18)14-6-10(2)4-12(16)8-14/h3-8H,15-16H2,1-2H3,(H,17,18). The predicted octanol–water partition coefficient (Wildman–Crippen LogP) is 1.69. The van der Waals surface area contributed by atoms with Gasteiger partial charge in [-0.15, -0.1) is 0 Å². The molecule has 2 rings (SSSR count). The van der Waals surface area contributed by atoms with Gasteiger partial charge in [-0.05, 0) is 61.4 Å².